The third kappa shape index (κ3) is 4.80. The third-order valence-corrected chi connectivity index (χ3v) is 4.51. The molecule has 0 aliphatic rings. The number of carbonyl (C=O) groups excluding carboxylic acids is 1. The smallest absolute Gasteiger partial charge is 0.343 e. The zero-order chi connectivity index (χ0) is 21.5. The summed E-state index contributed by atoms with van der Waals surface area (Å²) in [6, 6.07) is 21.0. The highest BCUT2D eigenvalue weighted by Crippen LogP contribution is 2.32. The summed E-state index contributed by atoms with van der Waals surface area (Å²) in [5.74, 6) is 0.669. The Morgan fingerprint density at radius 3 is 2.40 bits per heavy atom. The molecule has 3 aromatic carbocycles. The first-order valence-electron chi connectivity index (χ1n) is 8.96. The van der Waals surface area contributed by atoms with Gasteiger partial charge in [-0.1, -0.05) is 35.9 Å². The van der Waals surface area contributed by atoms with Crippen LogP contribution in [0.3, 0.4) is 0 Å². The van der Waals surface area contributed by atoms with Crippen LogP contribution < -0.4 is 14.2 Å². The Hall–Kier alpha value is -3.75. The van der Waals surface area contributed by atoms with Crippen LogP contribution in [0.1, 0.15) is 21.5 Å². The van der Waals surface area contributed by atoms with Crippen molar-refractivity contribution >= 4 is 29.2 Å². The average Bonchev–Trinajstić information content (AvgIpc) is 2.78. The second-order valence-corrected chi connectivity index (χ2v) is 6.62. The fourth-order valence-electron chi connectivity index (χ4n) is 2.84. The monoisotopic (exact) mass is 419 g/mol. The highest BCUT2D eigenvalue weighted by atomic mass is 35.5. The number of nitrogens with zero attached hydrogens (tertiary/aromatic N) is 1. The van der Waals surface area contributed by atoms with Gasteiger partial charge in [-0.3, -0.25) is 0 Å². The maximum atomic E-state index is 12.4. The van der Waals surface area contributed by atoms with E-state index in [2.05, 4.69) is 6.07 Å². The number of benzene rings is 3. The number of rotatable bonds is 6. The van der Waals surface area contributed by atoms with E-state index in [0.717, 1.165) is 0 Å². The lowest BCUT2D eigenvalue weighted by Gasteiger charge is -2.11. The van der Waals surface area contributed by atoms with Crippen LogP contribution in [0.4, 0.5) is 0 Å². The summed E-state index contributed by atoms with van der Waals surface area (Å²) in [5, 5.41) is 10.1. The topological polar surface area (TPSA) is 68.6 Å². The molecule has 0 aliphatic heterocycles. The first kappa shape index (κ1) is 21.0. The fourth-order valence-corrected chi connectivity index (χ4v) is 3.03. The molecule has 3 aromatic rings. The van der Waals surface area contributed by atoms with Gasteiger partial charge in [-0.2, -0.15) is 5.26 Å². The molecule has 0 atom stereocenters. The molecule has 0 radical (unpaired) electrons. The average molecular weight is 420 g/mol. The molecule has 5 nitrogen and oxygen atoms in total. The molecular formula is C24H18ClNO4. The van der Waals surface area contributed by atoms with Gasteiger partial charge in [0.1, 0.15) is 5.75 Å². The fraction of sp³-hybridized carbons (Fsp3) is 0.0833. The van der Waals surface area contributed by atoms with E-state index in [-0.39, 0.29) is 5.75 Å². The van der Waals surface area contributed by atoms with E-state index in [1.54, 1.807) is 55.7 Å². The molecule has 0 N–H and O–H groups in total. The highest BCUT2D eigenvalue weighted by molar-refractivity contribution is 6.30. The van der Waals surface area contributed by atoms with E-state index in [9.17, 15) is 10.1 Å². The van der Waals surface area contributed by atoms with Crippen LogP contribution in [0.5, 0.6) is 17.2 Å². The molecule has 0 heterocycles. The first-order valence-corrected chi connectivity index (χ1v) is 9.34. The first-order chi connectivity index (χ1) is 14.5. The Labute approximate surface area is 179 Å². The number of ether oxygens (including phenoxy) is 3. The predicted molar refractivity (Wildman–Crippen MR) is 116 cm³/mol. The minimum absolute atomic E-state index is 0.260. The molecule has 30 heavy (non-hydrogen) atoms. The van der Waals surface area contributed by atoms with Gasteiger partial charge in [0.15, 0.2) is 11.5 Å². The molecule has 0 bridgehead atoms. The lowest BCUT2D eigenvalue weighted by molar-refractivity contribution is 0.0729. The molecule has 150 valence electrons. The molecule has 0 saturated heterocycles. The Morgan fingerprint density at radius 2 is 1.70 bits per heavy atom. The van der Waals surface area contributed by atoms with Gasteiger partial charge >= 0.3 is 5.97 Å². The van der Waals surface area contributed by atoms with E-state index in [0.29, 0.717) is 38.8 Å². The van der Waals surface area contributed by atoms with Crippen LogP contribution >= 0.6 is 11.6 Å². The summed E-state index contributed by atoms with van der Waals surface area (Å²) < 4.78 is 16.2. The number of para-hydroxylation sites is 1. The van der Waals surface area contributed by atoms with Gasteiger partial charge in [0.25, 0.3) is 0 Å². The van der Waals surface area contributed by atoms with Crippen molar-refractivity contribution in [1.82, 2.24) is 0 Å². The van der Waals surface area contributed by atoms with E-state index >= 15 is 0 Å². The molecule has 0 spiro atoms. The molecule has 0 amide bonds. The van der Waals surface area contributed by atoms with Crippen LogP contribution in [-0.2, 0) is 0 Å². The number of methoxy groups -OCH3 is 2. The summed E-state index contributed by atoms with van der Waals surface area (Å²) in [6.07, 6.45) is 1.71. The van der Waals surface area contributed by atoms with Crippen molar-refractivity contribution in [3.8, 4) is 23.3 Å². The van der Waals surface area contributed by atoms with Gasteiger partial charge in [0.05, 0.1) is 31.4 Å². The van der Waals surface area contributed by atoms with Crippen molar-refractivity contribution < 1.29 is 19.0 Å². The number of hydrogen-bond donors (Lipinski definition) is 0. The van der Waals surface area contributed by atoms with Gasteiger partial charge in [0, 0.05) is 10.6 Å². The zero-order valence-electron chi connectivity index (χ0n) is 16.4. The van der Waals surface area contributed by atoms with Crippen molar-refractivity contribution in [2.75, 3.05) is 14.2 Å². The van der Waals surface area contributed by atoms with Crippen LogP contribution in [-0.4, -0.2) is 20.2 Å². The second-order valence-electron chi connectivity index (χ2n) is 6.18. The van der Waals surface area contributed by atoms with Crippen LogP contribution in [0.2, 0.25) is 5.02 Å². The SMILES string of the molecule is COc1cc(/C=C(/C#N)c2ccccc2OC)ccc1OC(=O)c1cccc(Cl)c1. The standard InChI is InChI=1S/C24H18ClNO4/c1-28-21-9-4-3-8-20(21)18(15-26)12-16-10-11-22(23(13-16)29-2)30-24(27)17-6-5-7-19(25)14-17/h3-14H,1-2H3/b18-12-. The summed E-state index contributed by atoms with van der Waals surface area (Å²) in [4.78, 5) is 12.4. The molecule has 0 aliphatic carbocycles. The normalized spacial score (nSPS) is 10.8. The molecule has 6 heteroatoms. The summed E-state index contributed by atoms with van der Waals surface area (Å²) in [7, 11) is 3.03. The van der Waals surface area contributed by atoms with E-state index in [1.807, 2.05) is 18.2 Å². The van der Waals surface area contributed by atoms with Gasteiger partial charge in [0.2, 0.25) is 0 Å². The molecular weight excluding hydrogens is 402 g/mol. The molecule has 3 rings (SSSR count). The number of nitriles is 1. The summed E-state index contributed by atoms with van der Waals surface area (Å²) in [5.41, 5.74) is 2.14. The Kier molecular flexibility index (Phi) is 6.74. The minimum atomic E-state index is -0.550. The Balaban J connectivity index is 1.91. The predicted octanol–water partition coefficient (Wildman–Crippen LogP) is 5.64. The van der Waals surface area contributed by atoms with Crippen LogP contribution in [0, 0.1) is 11.3 Å². The van der Waals surface area contributed by atoms with Gasteiger partial charge < -0.3 is 14.2 Å². The minimum Gasteiger partial charge on any atom is -0.496 e. The number of halogens is 1. The lowest BCUT2D eigenvalue weighted by atomic mass is 10.0. The van der Waals surface area contributed by atoms with Gasteiger partial charge in [-0.05, 0) is 54.1 Å². The maximum absolute atomic E-state index is 12.4. The Morgan fingerprint density at radius 1 is 0.933 bits per heavy atom. The molecule has 0 fully saturated rings. The lowest BCUT2D eigenvalue weighted by Crippen LogP contribution is -2.09. The van der Waals surface area contributed by atoms with Crippen molar-refractivity contribution in [3.05, 3.63) is 88.4 Å². The third-order valence-electron chi connectivity index (χ3n) is 4.28. The van der Waals surface area contributed by atoms with E-state index in [4.69, 9.17) is 25.8 Å². The number of allylic oxidation sites excluding steroid dienone is 1. The van der Waals surface area contributed by atoms with Crippen molar-refractivity contribution in [3.63, 3.8) is 0 Å². The quantitative estimate of drug-likeness (QED) is 0.224. The van der Waals surface area contributed by atoms with Gasteiger partial charge in [-0.25, -0.2) is 4.79 Å². The number of hydrogen-bond acceptors (Lipinski definition) is 5. The van der Waals surface area contributed by atoms with Crippen molar-refractivity contribution in [2.45, 2.75) is 0 Å². The Bertz CT molecular complexity index is 1150. The number of esters is 1. The second kappa shape index (κ2) is 9.64. The molecule has 0 unspecified atom stereocenters. The van der Waals surface area contributed by atoms with Gasteiger partial charge in [-0.15, -0.1) is 0 Å². The largest absolute Gasteiger partial charge is 0.496 e. The van der Waals surface area contributed by atoms with Crippen molar-refractivity contribution in [2.24, 2.45) is 0 Å². The highest BCUT2D eigenvalue weighted by Gasteiger charge is 2.14. The molecule has 0 saturated carbocycles. The van der Waals surface area contributed by atoms with Crippen molar-refractivity contribution in [1.29, 1.82) is 5.26 Å². The van der Waals surface area contributed by atoms with E-state index in [1.165, 1.54) is 13.2 Å². The molecule has 0 aromatic heterocycles. The zero-order valence-corrected chi connectivity index (χ0v) is 17.1. The number of carbonyl (C=O) groups is 1. The van der Waals surface area contributed by atoms with Crippen LogP contribution in [0.15, 0.2) is 66.7 Å². The summed E-state index contributed by atoms with van der Waals surface area (Å²) >= 11 is 5.93. The van der Waals surface area contributed by atoms with E-state index < -0.39 is 5.97 Å². The van der Waals surface area contributed by atoms with Crippen LogP contribution in [0.25, 0.3) is 11.6 Å². The maximum Gasteiger partial charge on any atom is 0.343 e. The summed E-state index contributed by atoms with van der Waals surface area (Å²) in [6.45, 7) is 0.